The Hall–Kier alpha value is -0.0400. The van der Waals surface area contributed by atoms with E-state index in [1.54, 1.807) is 0 Å². The molecule has 1 nitrogen and oxygen atoms in total. The molecular formula is C17H33N. The highest BCUT2D eigenvalue weighted by molar-refractivity contribution is 4.95. The fourth-order valence-corrected chi connectivity index (χ4v) is 4.81. The van der Waals surface area contributed by atoms with Gasteiger partial charge in [0, 0.05) is 6.04 Å². The molecule has 2 saturated carbocycles. The zero-order valence-electron chi connectivity index (χ0n) is 13.0. The maximum Gasteiger partial charge on any atom is 0.0126 e. The Morgan fingerprint density at radius 1 is 1.17 bits per heavy atom. The highest BCUT2D eigenvalue weighted by Crippen LogP contribution is 2.48. The summed E-state index contributed by atoms with van der Waals surface area (Å²) in [6.07, 6.45) is 11.6. The summed E-state index contributed by atoms with van der Waals surface area (Å²) in [7, 11) is 2.20. The van der Waals surface area contributed by atoms with Crippen LogP contribution in [0.2, 0.25) is 0 Å². The second-order valence-corrected chi connectivity index (χ2v) is 7.50. The van der Waals surface area contributed by atoms with Gasteiger partial charge in [-0.1, -0.05) is 46.5 Å². The van der Waals surface area contributed by atoms with Crippen LogP contribution in [0, 0.1) is 23.2 Å². The standard InChI is InChI=1S/C17H33N/c1-5-13-8-6-9-14(12-13)16(18-4)15-10-7-11-17(15,2)3/h13-16,18H,5-12H2,1-4H3. The molecule has 0 aliphatic heterocycles. The summed E-state index contributed by atoms with van der Waals surface area (Å²) in [4.78, 5) is 0. The van der Waals surface area contributed by atoms with Gasteiger partial charge in [-0.3, -0.25) is 0 Å². The minimum Gasteiger partial charge on any atom is -0.316 e. The molecule has 2 fully saturated rings. The molecule has 0 spiro atoms. The van der Waals surface area contributed by atoms with E-state index in [9.17, 15) is 0 Å². The van der Waals surface area contributed by atoms with Gasteiger partial charge in [-0.2, -0.15) is 0 Å². The number of rotatable bonds is 4. The third-order valence-electron chi connectivity index (χ3n) is 6.02. The van der Waals surface area contributed by atoms with Crippen molar-refractivity contribution < 1.29 is 0 Å². The first-order valence-corrected chi connectivity index (χ1v) is 8.25. The fraction of sp³-hybridized carbons (Fsp3) is 1.00. The second kappa shape index (κ2) is 5.94. The number of nitrogens with one attached hydrogen (secondary N) is 1. The molecule has 0 radical (unpaired) electrons. The Kier molecular flexibility index (Phi) is 4.75. The van der Waals surface area contributed by atoms with E-state index >= 15 is 0 Å². The van der Waals surface area contributed by atoms with Crippen LogP contribution in [-0.4, -0.2) is 13.1 Å². The first-order valence-electron chi connectivity index (χ1n) is 8.25. The lowest BCUT2D eigenvalue weighted by atomic mass is 9.68. The normalized spacial score (nSPS) is 37.7. The van der Waals surface area contributed by atoms with E-state index in [1.807, 2.05) is 0 Å². The predicted octanol–water partition coefficient (Wildman–Crippen LogP) is 4.62. The third-order valence-corrected chi connectivity index (χ3v) is 6.02. The molecule has 18 heavy (non-hydrogen) atoms. The third kappa shape index (κ3) is 2.92. The fourth-order valence-electron chi connectivity index (χ4n) is 4.81. The van der Waals surface area contributed by atoms with Crippen LogP contribution in [0.15, 0.2) is 0 Å². The monoisotopic (exact) mass is 251 g/mol. The Labute approximate surface area is 114 Å². The minimum absolute atomic E-state index is 0.562. The average Bonchev–Trinajstić information content (AvgIpc) is 2.71. The van der Waals surface area contributed by atoms with Gasteiger partial charge in [0.2, 0.25) is 0 Å². The number of hydrogen-bond acceptors (Lipinski definition) is 1. The lowest BCUT2D eigenvalue weighted by Crippen LogP contribution is -2.45. The van der Waals surface area contributed by atoms with E-state index in [4.69, 9.17) is 0 Å². The molecule has 1 N–H and O–H groups in total. The molecule has 0 bridgehead atoms. The smallest absolute Gasteiger partial charge is 0.0126 e. The summed E-state index contributed by atoms with van der Waals surface area (Å²) in [5.74, 6) is 2.85. The molecule has 2 aliphatic rings. The van der Waals surface area contributed by atoms with Gasteiger partial charge in [0.15, 0.2) is 0 Å². The van der Waals surface area contributed by atoms with Crippen LogP contribution in [0.5, 0.6) is 0 Å². The Balaban J connectivity index is 2.03. The topological polar surface area (TPSA) is 12.0 Å². The summed E-state index contributed by atoms with van der Waals surface area (Å²) in [6, 6.07) is 0.775. The predicted molar refractivity (Wildman–Crippen MR) is 79.7 cm³/mol. The lowest BCUT2D eigenvalue weighted by Gasteiger charge is -2.42. The summed E-state index contributed by atoms with van der Waals surface area (Å²) in [6.45, 7) is 7.37. The molecule has 2 rings (SSSR count). The molecule has 0 aromatic carbocycles. The van der Waals surface area contributed by atoms with Gasteiger partial charge in [0.1, 0.15) is 0 Å². The van der Waals surface area contributed by atoms with Crippen LogP contribution in [0.4, 0.5) is 0 Å². The Morgan fingerprint density at radius 2 is 1.94 bits per heavy atom. The average molecular weight is 251 g/mol. The zero-order chi connectivity index (χ0) is 13.2. The van der Waals surface area contributed by atoms with E-state index in [0.717, 1.165) is 23.8 Å². The molecule has 0 heterocycles. The van der Waals surface area contributed by atoms with E-state index in [0.29, 0.717) is 5.41 Å². The van der Waals surface area contributed by atoms with Gasteiger partial charge in [0.25, 0.3) is 0 Å². The summed E-state index contributed by atoms with van der Waals surface area (Å²) in [5, 5.41) is 3.71. The van der Waals surface area contributed by atoms with Crippen LogP contribution in [-0.2, 0) is 0 Å². The van der Waals surface area contributed by atoms with Gasteiger partial charge in [-0.05, 0) is 55.9 Å². The van der Waals surface area contributed by atoms with Crippen LogP contribution in [0.1, 0.15) is 72.1 Å². The van der Waals surface area contributed by atoms with E-state index < -0.39 is 0 Å². The van der Waals surface area contributed by atoms with Gasteiger partial charge >= 0.3 is 0 Å². The zero-order valence-corrected chi connectivity index (χ0v) is 13.0. The summed E-state index contributed by atoms with van der Waals surface area (Å²) >= 11 is 0. The highest BCUT2D eigenvalue weighted by atomic mass is 14.9. The van der Waals surface area contributed by atoms with Crippen LogP contribution in [0.25, 0.3) is 0 Å². The molecule has 0 aromatic rings. The molecule has 4 atom stereocenters. The maximum absolute atomic E-state index is 3.71. The molecule has 4 unspecified atom stereocenters. The van der Waals surface area contributed by atoms with Crippen molar-refractivity contribution in [3.05, 3.63) is 0 Å². The van der Waals surface area contributed by atoms with Crippen LogP contribution in [0.3, 0.4) is 0 Å². The van der Waals surface area contributed by atoms with Crippen molar-refractivity contribution in [1.29, 1.82) is 0 Å². The maximum atomic E-state index is 3.71. The molecule has 2 aliphatic carbocycles. The van der Waals surface area contributed by atoms with Crippen molar-refractivity contribution in [2.75, 3.05) is 7.05 Å². The van der Waals surface area contributed by atoms with Gasteiger partial charge in [0.05, 0.1) is 0 Å². The van der Waals surface area contributed by atoms with Gasteiger partial charge < -0.3 is 5.32 Å². The second-order valence-electron chi connectivity index (χ2n) is 7.50. The first kappa shape index (κ1) is 14.4. The van der Waals surface area contributed by atoms with Crippen molar-refractivity contribution in [2.24, 2.45) is 23.2 Å². The quantitative estimate of drug-likeness (QED) is 0.769. The van der Waals surface area contributed by atoms with Gasteiger partial charge in [-0.15, -0.1) is 0 Å². The number of hydrogen-bond donors (Lipinski definition) is 1. The Bertz CT molecular complexity index is 258. The summed E-state index contributed by atoms with van der Waals surface area (Å²) in [5.41, 5.74) is 0.562. The molecular weight excluding hydrogens is 218 g/mol. The first-order chi connectivity index (χ1) is 8.58. The van der Waals surface area contributed by atoms with Crippen molar-refractivity contribution in [2.45, 2.75) is 78.2 Å². The Morgan fingerprint density at radius 3 is 2.50 bits per heavy atom. The molecule has 106 valence electrons. The van der Waals surface area contributed by atoms with Crippen molar-refractivity contribution in [1.82, 2.24) is 5.32 Å². The minimum atomic E-state index is 0.562. The van der Waals surface area contributed by atoms with E-state index in [-0.39, 0.29) is 0 Å². The van der Waals surface area contributed by atoms with Crippen molar-refractivity contribution >= 4 is 0 Å². The molecule has 0 saturated heterocycles. The summed E-state index contributed by atoms with van der Waals surface area (Å²) < 4.78 is 0. The molecule has 0 aromatic heterocycles. The van der Waals surface area contributed by atoms with Gasteiger partial charge in [-0.25, -0.2) is 0 Å². The van der Waals surface area contributed by atoms with E-state index in [2.05, 4.69) is 33.1 Å². The van der Waals surface area contributed by atoms with Crippen LogP contribution >= 0.6 is 0 Å². The van der Waals surface area contributed by atoms with Crippen molar-refractivity contribution in [3.63, 3.8) is 0 Å². The molecule has 0 amide bonds. The van der Waals surface area contributed by atoms with Crippen LogP contribution < -0.4 is 5.32 Å². The molecule has 1 heteroatoms. The van der Waals surface area contributed by atoms with Crippen molar-refractivity contribution in [3.8, 4) is 0 Å². The largest absolute Gasteiger partial charge is 0.316 e. The highest BCUT2D eigenvalue weighted by Gasteiger charge is 2.42. The van der Waals surface area contributed by atoms with E-state index in [1.165, 1.54) is 51.4 Å². The lowest BCUT2D eigenvalue weighted by molar-refractivity contribution is 0.118. The SMILES string of the molecule is CCC1CCCC(C(NC)C2CCCC2(C)C)C1.